The van der Waals surface area contributed by atoms with E-state index in [0.29, 0.717) is 35.9 Å². The van der Waals surface area contributed by atoms with Gasteiger partial charge in [-0.25, -0.2) is 0 Å². The Balaban J connectivity index is 1.51. The van der Waals surface area contributed by atoms with Gasteiger partial charge in [-0.1, -0.05) is 17.3 Å². The molecule has 10 heteroatoms. The van der Waals surface area contributed by atoms with Crippen molar-refractivity contribution in [1.82, 2.24) is 20.4 Å². The fourth-order valence-electron chi connectivity index (χ4n) is 3.60. The molecule has 1 aromatic heterocycles. The molecular weight excluding hydrogens is 413 g/mol. The number of hydrogen-bond acceptors (Lipinski definition) is 6. The van der Waals surface area contributed by atoms with E-state index in [1.807, 2.05) is 19.1 Å². The lowest BCUT2D eigenvalue weighted by atomic mass is 10.0. The number of alkyl halides is 3. The number of nitrogens with zero attached hydrogens (tertiary/aromatic N) is 3. The van der Waals surface area contributed by atoms with Crippen molar-refractivity contribution in [3.05, 3.63) is 64.5 Å². The predicted molar refractivity (Wildman–Crippen MR) is 104 cm³/mol. The number of aryl methyl sites for hydroxylation is 1. The van der Waals surface area contributed by atoms with Crippen molar-refractivity contribution < 1.29 is 27.2 Å². The molecule has 0 radical (unpaired) electrons. The van der Waals surface area contributed by atoms with Crippen LogP contribution in [-0.4, -0.2) is 34.4 Å². The van der Waals surface area contributed by atoms with Crippen LogP contribution in [0.25, 0.3) is 11.5 Å². The molecule has 2 heterocycles. The maximum Gasteiger partial charge on any atom is 0.573 e. The normalized spacial score (nSPS) is 13.6. The van der Waals surface area contributed by atoms with Crippen LogP contribution >= 0.6 is 0 Å². The second kappa shape index (κ2) is 8.03. The fourth-order valence-corrected chi connectivity index (χ4v) is 3.60. The Hall–Kier alpha value is -3.40. The Bertz CT molecular complexity index is 1110. The molecule has 0 unspecified atom stereocenters. The van der Waals surface area contributed by atoms with Gasteiger partial charge in [0.05, 0.1) is 6.54 Å². The summed E-state index contributed by atoms with van der Waals surface area (Å²) in [4.78, 5) is 18.9. The van der Waals surface area contributed by atoms with E-state index in [0.717, 1.165) is 16.7 Å². The number of halogens is 3. The van der Waals surface area contributed by atoms with Crippen LogP contribution in [0.4, 0.5) is 13.2 Å². The summed E-state index contributed by atoms with van der Waals surface area (Å²) < 4.78 is 46.1. The van der Waals surface area contributed by atoms with Crippen LogP contribution in [0.5, 0.6) is 5.75 Å². The molecule has 0 atom stereocenters. The van der Waals surface area contributed by atoms with Gasteiger partial charge in [0, 0.05) is 24.2 Å². The van der Waals surface area contributed by atoms with Crippen LogP contribution in [0.1, 0.15) is 32.9 Å². The number of fused-ring (bicyclic) bond motifs is 1. The third-order valence-corrected chi connectivity index (χ3v) is 4.86. The van der Waals surface area contributed by atoms with Gasteiger partial charge in [-0.2, -0.15) is 4.98 Å². The second-order valence-corrected chi connectivity index (χ2v) is 7.23. The maximum atomic E-state index is 12.9. The molecule has 31 heavy (non-hydrogen) atoms. The van der Waals surface area contributed by atoms with Crippen LogP contribution in [0, 0.1) is 6.92 Å². The quantitative estimate of drug-likeness (QED) is 0.638. The van der Waals surface area contributed by atoms with Gasteiger partial charge in [-0.05, 0) is 54.9 Å². The molecule has 162 valence electrons. The van der Waals surface area contributed by atoms with Gasteiger partial charge in [0.1, 0.15) is 5.75 Å². The van der Waals surface area contributed by atoms with E-state index < -0.39 is 6.36 Å². The summed E-state index contributed by atoms with van der Waals surface area (Å²) in [5.74, 6) is 0.481. The SMILES string of the molecule is CNCc1noc(-c2cc(C)c3c(c2)CN(Cc2ccc(OC(F)(F)F)cc2)C3=O)n1. The number of carbonyl (C=O) groups excluding carboxylic acids is 1. The largest absolute Gasteiger partial charge is 0.573 e. The lowest BCUT2D eigenvalue weighted by molar-refractivity contribution is -0.274. The first kappa shape index (κ1) is 20.9. The highest BCUT2D eigenvalue weighted by molar-refractivity contribution is 6.00. The molecule has 4 rings (SSSR count). The van der Waals surface area contributed by atoms with Crippen molar-refractivity contribution in [3.8, 4) is 17.2 Å². The zero-order valence-electron chi connectivity index (χ0n) is 16.8. The van der Waals surface area contributed by atoms with E-state index in [2.05, 4.69) is 20.2 Å². The minimum absolute atomic E-state index is 0.129. The number of benzene rings is 2. The first-order valence-electron chi connectivity index (χ1n) is 9.48. The molecule has 2 aromatic carbocycles. The monoisotopic (exact) mass is 432 g/mol. The highest BCUT2D eigenvalue weighted by atomic mass is 19.4. The van der Waals surface area contributed by atoms with Crippen molar-refractivity contribution in [2.45, 2.75) is 32.9 Å². The number of ether oxygens (including phenoxy) is 1. The molecule has 0 bridgehead atoms. The number of nitrogens with one attached hydrogen (secondary N) is 1. The number of hydrogen-bond donors (Lipinski definition) is 1. The van der Waals surface area contributed by atoms with Crippen molar-refractivity contribution in [3.63, 3.8) is 0 Å². The summed E-state index contributed by atoms with van der Waals surface area (Å²) >= 11 is 0. The Morgan fingerprint density at radius 2 is 1.97 bits per heavy atom. The Morgan fingerprint density at radius 1 is 1.23 bits per heavy atom. The van der Waals surface area contributed by atoms with Crippen LogP contribution in [-0.2, 0) is 19.6 Å². The second-order valence-electron chi connectivity index (χ2n) is 7.23. The first-order chi connectivity index (χ1) is 14.7. The average molecular weight is 432 g/mol. The van der Waals surface area contributed by atoms with Gasteiger partial charge < -0.3 is 19.5 Å². The molecule has 1 aliphatic heterocycles. The third-order valence-electron chi connectivity index (χ3n) is 4.86. The average Bonchev–Trinajstić information content (AvgIpc) is 3.28. The number of aromatic nitrogens is 2. The molecule has 7 nitrogen and oxygen atoms in total. The highest BCUT2D eigenvalue weighted by Gasteiger charge is 2.32. The topological polar surface area (TPSA) is 80.5 Å². The molecule has 0 aliphatic carbocycles. The highest BCUT2D eigenvalue weighted by Crippen LogP contribution is 2.32. The van der Waals surface area contributed by atoms with Crippen molar-refractivity contribution in [2.75, 3.05) is 7.05 Å². The lowest BCUT2D eigenvalue weighted by Gasteiger charge is -2.16. The Morgan fingerprint density at radius 3 is 2.65 bits per heavy atom. The number of rotatable bonds is 6. The smallest absolute Gasteiger partial charge is 0.406 e. The minimum Gasteiger partial charge on any atom is -0.406 e. The van der Waals surface area contributed by atoms with Gasteiger partial charge in [0.15, 0.2) is 5.82 Å². The number of carbonyl (C=O) groups is 1. The summed E-state index contributed by atoms with van der Waals surface area (Å²) in [7, 11) is 1.78. The minimum atomic E-state index is -4.74. The summed E-state index contributed by atoms with van der Waals surface area (Å²) in [6.45, 7) is 2.97. The van der Waals surface area contributed by atoms with Crippen molar-refractivity contribution >= 4 is 5.91 Å². The van der Waals surface area contributed by atoms with E-state index in [-0.39, 0.29) is 18.2 Å². The zero-order valence-corrected chi connectivity index (χ0v) is 16.8. The molecule has 0 saturated carbocycles. The lowest BCUT2D eigenvalue weighted by Crippen LogP contribution is -2.23. The number of amides is 1. The summed E-state index contributed by atoms with van der Waals surface area (Å²) in [6.07, 6.45) is -4.74. The van der Waals surface area contributed by atoms with Gasteiger partial charge in [-0.3, -0.25) is 4.79 Å². The van der Waals surface area contributed by atoms with E-state index in [1.165, 1.54) is 24.3 Å². The van der Waals surface area contributed by atoms with Crippen molar-refractivity contribution in [2.24, 2.45) is 0 Å². The summed E-state index contributed by atoms with van der Waals surface area (Å²) in [5.41, 5.74) is 3.68. The van der Waals surface area contributed by atoms with Gasteiger partial charge in [0.2, 0.25) is 0 Å². The van der Waals surface area contributed by atoms with Gasteiger partial charge in [0.25, 0.3) is 11.8 Å². The Kier molecular flexibility index (Phi) is 5.40. The standard InChI is InChI=1S/C21H19F3N4O3/c1-12-7-14(19-26-17(9-25-2)27-31-19)8-15-11-28(20(29)18(12)15)10-13-3-5-16(6-4-13)30-21(22,23)24/h3-8,25H,9-11H2,1-2H3. The molecule has 0 spiro atoms. The van der Waals surface area contributed by atoms with E-state index in [9.17, 15) is 18.0 Å². The molecule has 0 saturated heterocycles. The molecule has 3 aromatic rings. The maximum absolute atomic E-state index is 12.9. The van der Waals surface area contributed by atoms with Crippen LogP contribution in [0.3, 0.4) is 0 Å². The molecule has 0 fully saturated rings. The van der Waals surface area contributed by atoms with Crippen LogP contribution in [0.2, 0.25) is 0 Å². The Labute approximate surface area is 175 Å². The van der Waals surface area contributed by atoms with E-state index in [4.69, 9.17) is 4.52 Å². The summed E-state index contributed by atoms with van der Waals surface area (Å²) in [6, 6.07) is 9.18. The summed E-state index contributed by atoms with van der Waals surface area (Å²) in [5, 5.41) is 6.87. The van der Waals surface area contributed by atoms with E-state index in [1.54, 1.807) is 11.9 Å². The molecule has 1 aliphatic rings. The first-order valence-corrected chi connectivity index (χ1v) is 9.48. The molecule has 1 N–H and O–H groups in total. The van der Waals surface area contributed by atoms with Crippen LogP contribution in [0.15, 0.2) is 40.9 Å². The zero-order chi connectivity index (χ0) is 22.2. The third kappa shape index (κ3) is 4.53. The van der Waals surface area contributed by atoms with Crippen molar-refractivity contribution in [1.29, 1.82) is 0 Å². The predicted octanol–water partition coefficient (Wildman–Crippen LogP) is 3.82. The van der Waals surface area contributed by atoms with Gasteiger partial charge >= 0.3 is 6.36 Å². The fraction of sp³-hybridized carbons (Fsp3) is 0.286. The van der Waals surface area contributed by atoms with E-state index >= 15 is 0 Å². The van der Waals surface area contributed by atoms with Gasteiger partial charge in [-0.15, -0.1) is 13.2 Å². The molecular formula is C21H19F3N4O3. The molecule has 1 amide bonds. The van der Waals surface area contributed by atoms with Crippen LogP contribution < -0.4 is 10.1 Å².